The summed E-state index contributed by atoms with van der Waals surface area (Å²) >= 11 is 0. The number of carbonyl (C=O) groups is 2. The van der Waals surface area contributed by atoms with Crippen LogP contribution in [0, 0.1) is 11.3 Å². The minimum absolute atomic E-state index is 0.168. The van der Waals surface area contributed by atoms with Gasteiger partial charge in [0.15, 0.2) is 0 Å². The maximum Gasteiger partial charge on any atom is 0.253 e. The van der Waals surface area contributed by atoms with E-state index >= 15 is 0 Å². The molecule has 2 amide bonds. The fourth-order valence-corrected chi connectivity index (χ4v) is 3.40. The second-order valence-corrected chi connectivity index (χ2v) is 7.87. The van der Waals surface area contributed by atoms with E-state index in [4.69, 9.17) is 5.73 Å². The van der Waals surface area contributed by atoms with Crippen molar-refractivity contribution in [2.24, 2.45) is 11.3 Å². The summed E-state index contributed by atoms with van der Waals surface area (Å²) in [6.07, 6.45) is 4.27. The maximum absolute atomic E-state index is 12.5. The molecule has 1 aliphatic carbocycles. The first-order chi connectivity index (χ1) is 11.2. The molecule has 1 saturated carbocycles. The van der Waals surface area contributed by atoms with Gasteiger partial charge in [-0.25, -0.2) is 0 Å². The Balaban J connectivity index is 1.99. The van der Waals surface area contributed by atoms with Gasteiger partial charge in [0, 0.05) is 24.3 Å². The lowest BCUT2D eigenvalue weighted by atomic mass is 9.71. The minimum Gasteiger partial charge on any atom is -0.398 e. The molecule has 0 atom stereocenters. The summed E-state index contributed by atoms with van der Waals surface area (Å²) in [4.78, 5) is 23.7. The average Bonchev–Trinajstić information content (AvgIpc) is 2.48. The lowest BCUT2D eigenvalue weighted by Gasteiger charge is -2.37. The third kappa shape index (κ3) is 4.73. The number of anilines is 2. The van der Waals surface area contributed by atoms with Gasteiger partial charge >= 0.3 is 0 Å². The van der Waals surface area contributed by atoms with E-state index in [-0.39, 0.29) is 17.9 Å². The second kappa shape index (κ2) is 7.24. The van der Waals surface area contributed by atoms with Crippen molar-refractivity contribution in [1.82, 2.24) is 5.32 Å². The van der Waals surface area contributed by atoms with E-state index in [2.05, 4.69) is 31.4 Å². The molecule has 0 radical (unpaired) electrons. The fraction of sp³-hybridized carbons (Fsp3) is 0.579. The average molecular weight is 331 g/mol. The predicted octanol–water partition coefficient (Wildman–Crippen LogP) is 3.56. The molecule has 0 bridgehead atoms. The molecule has 1 aliphatic rings. The molecule has 0 saturated heterocycles. The van der Waals surface area contributed by atoms with Crippen LogP contribution in [-0.2, 0) is 4.79 Å². The zero-order chi connectivity index (χ0) is 17.9. The summed E-state index contributed by atoms with van der Waals surface area (Å²) in [5.41, 5.74) is 7.68. The Hall–Kier alpha value is -2.04. The van der Waals surface area contributed by atoms with Crippen LogP contribution in [0.2, 0.25) is 0 Å². The molecular weight excluding hydrogens is 302 g/mol. The number of carbonyl (C=O) groups excluding carboxylic acids is 2. The predicted molar refractivity (Wildman–Crippen MR) is 97.8 cm³/mol. The van der Waals surface area contributed by atoms with Crippen molar-refractivity contribution in [2.75, 3.05) is 11.1 Å². The van der Waals surface area contributed by atoms with Crippen LogP contribution in [0.25, 0.3) is 0 Å². The van der Waals surface area contributed by atoms with Crippen molar-refractivity contribution >= 4 is 23.2 Å². The van der Waals surface area contributed by atoms with Crippen LogP contribution in [0.5, 0.6) is 0 Å². The number of hydrogen-bond donors (Lipinski definition) is 3. The van der Waals surface area contributed by atoms with Gasteiger partial charge in [0.05, 0.1) is 5.56 Å². The zero-order valence-electron chi connectivity index (χ0n) is 15.1. The van der Waals surface area contributed by atoms with Gasteiger partial charge in [-0.05, 0) is 55.2 Å². The van der Waals surface area contributed by atoms with Crippen LogP contribution in [0.1, 0.15) is 63.7 Å². The van der Waals surface area contributed by atoms with Gasteiger partial charge < -0.3 is 16.4 Å². The Labute approximate surface area is 144 Å². The highest BCUT2D eigenvalue weighted by atomic mass is 16.2. The first-order valence-electron chi connectivity index (χ1n) is 8.65. The molecule has 2 rings (SSSR count). The number of nitrogens with one attached hydrogen (secondary N) is 2. The molecule has 132 valence electrons. The van der Waals surface area contributed by atoms with Gasteiger partial charge in [0.1, 0.15) is 0 Å². The molecule has 1 aromatic rings. The van der Waals surface area contributed by atoms with Crippen LogP contribution < -0.4 is 16.4 Å². The van der Waals surface area contributed by atoms with Crippen LogP contribution >= 0.6 is 0 Å². The highest BCUT2D eigenvalue weighted by molar-refractivity contribution is 6.01. The lowest BCUT2D eigenvalue weighted by Crippen LogP contribution is -2.39. The van der Waals surface area contributed by atoms with E-state index in [1.165, 1.54) is 6.92 Å². The fourth-order valence-electron chi connectivity index (χ4n) is 3.40. The van der Waals surface area contributed by atoms with Crippen LogP contribution in [0.15, 0.2) is 18.2 Å². The summed E-state index contributed by atoms with van der Waals surface area (Å²) in [6, 6.07) is 5.17. The van der Waals surface area contributed by atoms with Gasteiger partial charge in [0.2, 0.25) is 5.91 Å². The Bertz CT molecular complexity index is 612. The first-order valence-corrected chi connectivity index (χ1v) is 8.65. The maximum atomic E-state index is 12.5. The monoisotopic (exact) mass is 331 g/mol. The number of amides is 2. The summed E-state index contributed by atoms with van der Waals surface area (Å²) in [5.74, 6) is 0.365. The van der Waals surface area contributed by atoms with E-state index in [0.29, 0.717) is 28.3 Å². The third-order valence-corrected chi connectivity index (χ3v) is 4.91. The molecule has 0 unspecified atom stereocenters. The minimum atomic E-state index is -0.174. The number of hydrogen-bond acceptors (Lipinski definition) is 3. The van der Waals surface area contributed by atoms with Crippen molar-refractivity contribution in [1.29, 1.82) is 0 Å². The molecule has 0 spiro atoms. The van der Waals surface area contributed by atoms with Gasteiger partial charge in [-0.3, -0.25) is 9.59 Å². The molecule has 1 aromatic carbocycles. The number of benzene rings is 1. The van der Waals surface area contributed by atoms with Crippen LogP contribution in [0.3, 0.4) is 0 Å². The van der Waals surface area contributed by atoms with E-state index in [0.717, 1.165) is 25.7 Å². The van der Waals surface area contributed by atoms with Gasteiger partial charge in [-0.1, -0.05) is 20.8 Å². The van der Waals surface area contributed by atoms with Crippen molar-refractivity contribution in [3.63, 3.8) is 0 Å². The lowest BCUT2D eigenvalue weighted by molar-refractivity contribution is -0.114. The number of nitrogens with two attached hydrogens (primary N) is 1. The molecule has 1 fully saturated rings. The van der Waals surface area contributed by atoms with Gasteiger partial charge in [0.25, 0.3) is 5.91 Å². The largest absolute Gasteiger partial charge is 0.398 e. The Morgan fingerprint density at radius 2 is 1.75 bits per heavy atom. The van der Waals surface area contributed by atoms with E-state index in [1.54, 1.807) is 18.2 Å². The van der Waals surface area contributed by atoms with Crippen molar-refractivity contribution in [3.05, 3.63) is 23.8 Å². The Morgan fingerprint density at radius 1 is 1.12 bits per heavy atom. The van der Waals surface area contributed by atoms with Crippen molar-refractivity contribution in [2.45, 2.75) is 59.4 Å². The summed E-state index contributed by atoms with van der Waals surface area (Å²) in [7, 11) is 0. The SMILES string of the molecule is CC(=O)Nc1ccc(N)c(C(=O)NC2CCC(C(C)(C)C)CC2)c1. The van der Waals surface area contributed by atoms with E-state index in [1.807, 2.05) is 0 Å². The van der Waals surface area contributed by atoms with E-state index < -0.39 is 0 Å². The Kier molecular flexibility index (Phi) is 5.52. The Morgan fingerprint density at radius 3 is 2.29 bits per heavy atom. The second-order valence-electron chi connectivity index (χ2n) is 7.87. The quantitative estimate of drug-likeness (QED) is 0.740. The molecular formula is C19H29N3O2. The van der Waals surface area contributed by atoms with E-state index in [9.17, 15) is 9.59 Å². The topological polar surface area (TPSA) is 84.2 Å². The van der Waals surface area contributed by atoms with Crippen molar-refractivity contribution < 1.29 is 9.59 Å². The van der Waals surface area contributed by atoms with Crippen LogP contribution in [-0.4, -0.2) is 17.9 Å². The molecule has 4 N–H and O–H groups in total. The van der Waals surface area contributed by atoms with Crippen molar-refractivity contribution in [3.8, 4) is 0 Å². The number of rotatable bonds is 3. The molecule has 24 heavy (non-hydrogen) atoms. The van der Waals surface area contributed by atoms with Gasteiger partial charge in [-0.2, -0.15) is 0 Å². The smallest absolute Gasteiger partial charge is 0.253 e. The van der Waals surface area contributed by atoms with Gasteiger partial charge in [-0.15, -0.1) is 0 Å². The standard InChI is InChI=1S/C19H29N3O2/c1-12(23)21-15-9-10-17(20)16(11-15)18(24)22-14-7-5-13(6-8-14)19(2,3)4/h9-11,13-14H,5-8,20H2,1-4H3,(H,21,23)(H,22,24). The molecule has 0 aromatic heterocycles. The first kappa shape index (κ1) is 18.3. The highest BCUT2D eigenvalue weighted by Crippen LogP contribution is 2.37. The molecule has 5 nitrogen and oxygen atoms in total. The van der Waals surface area contributed by atoms with Crippen LogP contribution in [0.4, 0.5) is 11.4 Å². The summed E-state index contributed by atoms with van der Waals surface area (Å²) < 4.78 is 0. The molecule has 0 heterocycles. The third-order valence-electron chi connectivity index (χ3n) is 4.91. The summed E-state index contributed by atoms with van der Waals surface area (Å²) in [6.45, 7) is 8.28. The molecule has 5 heteroatoms. The highest BCUT2D eigenvalue weighted by Gasteiger charge is 2.30. The summed E-state index contributed by atoms with van der Waals surface area (Å²) in [5, 5.41) is 5.78. The number of nitrogen functional groups attached to an aromatic ring is 1. The molecule has 0 aliphatic heterocycles. The zero-order valence-corrected chi connectivity index (χ0v) is 15.1. The normalized spacial score (nSPS) is 21.2.